The molecule has 1 N–H and O–H groups in total. The summed E-state index contributed by atoms with van der Waals surface area (Å²) in [5, 5.41) is 3.71. The minimum Gasteiger partial charge on any atom is -0.497 e. The maximum absolute atomic E-state index is 5.32. The molecule has 0 bridgehead atoms. The Bertz CT molecular complexity index is 434. The van der Waals surface area contributed by atoms with Crippen LogP contribution in [-0.4, -0.2) is 32.3 Å². The fraction of sp³-hybridized carbons (Fsp3) is 0.571. The first-order chi connectivity index (χ1) is 8.74. The molecule has 18 heavy (non-hydrogen) atoms. The van der Waals surface area contributed by atoms with Gasteiger partial charge in [-0.3, -0.25) is 0 Å². The van der Waals surface area contributed by atoms with E-state index in [2.05, 4.69) is 38.3 Å². The highest BCUT2D eigenvalue weighted by Gasteiger charge is 2.29. The lowest BCUT2D eigenvalue weighted by atomic mass is 10.2. The van der Waals surface area contributed by atoms with E-state index < -0.39 is 0 Å². The van der Waals surface area contributed by atoms with E-state index in [1.165, 1.54) is 24.9 Å². The van der Waals surface area contributed by atoms with E-state index >= 15 is 0 Å². The van der Waals surface area contributed by atoms with Crippen molar-refractivity contribution < 1.29 is 4.74 Å². The predicted octanol–water partition coefficient (Wildman–Crippen LogP) is 2.79. The molecule has 98 valence electrons. The Kier molecular flexibility index (Phi) is 3.48. The van der Waals surface area contributed by atoms with E-state index in [1.807, 2.05) is 6.07 Å². The minimum atomic E-state index is 0.655. The third-order valence-corrected chi connectivity index (χ3v) is 4.15. The second kappa shape index (κ2) is 5.10. The van der Waals surface area contributed by atoms with Crippen LogP contribution in [0.1, 0.15) is 19.3 Å². The second-order valence-corrected chi connectivity index (χ2v) is 6.14. The van der Waals surface area contributed by atoms with Crippen LogP contribution in [0.15, 0.2) is 22.7 Å². The molecule has 1 unspecified atom stereocenters. The number of nitrogens with zero attached hydrogens (tertiary/aromatic N) is 1. The maximum Gasteiger partial charge on any atom is 0.122 e. The van der Waals surface area contributed by atoms with Gasteiger partial charge in [-0.25, -0.2) is 0 Å². The summed E-state index contributed by atoms with van der Waals surface area (Å²) in [4.78, 5) is 2.44. The van der Waals surface area contributed by atoms with Gasteiger partial charge in [-0.05, 0) is 31.4 Å². The van der Waals surface area contributed by atoms with Crippen LogP contribution in [0.2, 0.25) is 0 Å². The van der Waals surface area contributed by atoms with Gasteiger partial charge in [0.1, 0.15) is 5.75 Å². The van der Waals surface area contributed by atoms with Gasteiger partial charge >= 0.3 is 0 Å². The van der Waals surface area contributed by atoms with E-state index in [0.717, 1.165) is 29.4 Å². The highest BCUT2D eigenvalue weighted by Crippen LogP contribution is 2.30. The summed E-state index contributed by atoms with van der Waals surface area (Å²) in [6.07, 6.45) is 3.97. The lowest BCUT2D eigenvalue weighted by Gasteiger charge is -2.20. The Labute approximate surface area is 117 Å². The molecular formula is C14H19BrN2O. The van der Waals surface area contributed by atoms with Crippen LogP contribution in [0.4, 0.5) is 5.69 Å². The molecule has 0 radical (unpaired) electrons. The van der Waals surface area contributed by atoms with E-state index in [9.17, 15) is 0 Å². The molecule has 3 rings (SSSR count). The molecule has 1 heterocycles. The van der Waals surface area contributed by atoms with Gasteiger partial charge in [0.15, 0.2) is 0 Å². The molecule has 0 spiro atoms. The van der Waals surface area contributed by atoms with E-state index in [4.69, 9.17) is 4.74 Å². The number of nitrogens with one attached hydrogen (secondary N) is 1. The number of rotatable bonds is 4. The second-order valence-electron chi connectivity index (χ2n) is 5.22. The van der Waals surface area contributed by atoms with Gasteiger partial charge in [0.2, 0.25) is 0 Å². The molecule has 4 heteroatoms. The van der Waals surface area contributed by atoms with Crippen molar-refractivity contribution in [2.24, 2.45) is 0 Å². The van der Waals surface area contributed by atoms with Crippen LogP contribution < -0.4 is 15.0 Å². The number of anilines is 1. The number of hydrogen-bond donors (Lipinski definition) is 1. The molecule has 0 amide bonds. The van der Waals surface area contributed by atoms with Gasteiger partial charge < -0.3 is 15.0 Å². The van der Waals surface area contributed by atoms with Gasteiger partial charge in [-0.2, -0.15) is 0 Å². The summed E-state index contributed by atoms with van der Waals surface area (Å²) in [6, 6.07) is 7.74. The average Bonchev–Trinajstić information content (AvgIpc) is 3.04. The predicted molar refractivity (Wildman–Crippen MR) is 77.5 cm³/mol. The molecule has 2 aliphatic rings. The highest BCUT2D eigenvalue weighted by atomic mass is 79.9. The van der Waals surface area contributed by atoms with Crippen LogP contribution in [0.3, 0.4) is 0 Å². The molecule has 1 saturated carbocycles. The highest BCUT2D eigenvalue weighted by molar-refractivity contribution is 9.10. The molecule has 1 saturated heterocycles. The molecule has 2 fully saturated rings. The lowest BCUT2D eigenvalue weighted by Crippen LogP contribution is -2.33. The molecule has 1 aromatic rings. The van der Waals surface area contributed by atoms with Crippen molar-refractivity contribution in [3.8, 4) is 5.75 Å². The van der Waals surface area contributed by atoms with Crippen LogP contribution in [0.25, 0.3) is 0 Å². The summed E-state index contributed by atoms with van der Waals surface area (Å²) in [7, 11) is 1.72. The SMILES string of the molecule is COc1cc(Br)cc(N2CCC(NC3CC3)C2)c1. The zero-order chi connectivity index (χ0) is 12.5. The van der Waals surface area contributed by atoms with Gasteiger partial charge in [0.25, 0.3) is 0 Å². The Balaban J connectivity index is 1.68. The number of ether oxygens (including phenoxy) is 1. The standard InChI is InChI=1S/C14H19BrN2O/c1-18-14-7-10(15)6-13(8-14)17-5-4-12(9-17)16-11-2-3-11/h6-8,11-12,16H,2-5,9H2,1H3. The molecule has 1 aliphatic carbocycles. The van der Waals surface area contributed by atoms with Gasteiger partial charge in [0.05, 0.1) is 7.11 Å². The van der Waals surface area contributed by atoms with Crippen LogP contribution in [0, 0.1) is 0 Å². The lowest BCUT2D eigenvalue weighted by molar-refractivity contribution is 0.414. The monoisotopic (exact) mass is 310 g/mol. The fourth-order valence-electron chi connectivity index (χ4n) is 2.56. The molecule has 1 aliphatic heterocycles. The maximum atomic E-state index is 5.32. The Morgan fingerprint density at radius 2 is 2.06 bits per heavy atom. The number of hydrogen-bond acceptors (Lipinski definition) is 3. The van der Waals surface area contributed by atoms with Crippen molar-refractivity contribution >= 4 is 21.6 Å². The minimum absolute atomic E-state index is 0.655. The van der Waals surface area contributed by atoms with Crippen LogP contribution in [0.5, 0.6) is 5.75 Å². The third-order valence-electron chi connectivity index (χ3n) is 3.69. The fourth-order valence-corrected chi connectivity index (χ4v) is 3.02. The van der Waals surface area contributed by atoms with Crippen molar-refractivity contribution in [1.29, 1.82) is 0 Å². The smallest absolute Gasteiger partial charge is 0.122 e. The molecule has 1 atom stereocenters. The summed E-state index contributed by atoms with van der Waals surface area (Å²) < 4.78 is 6.40. The Hall–Kier alpha value is -0.740. The topological polar surface area (TPSA) is 24.5 Å². The van der Waals surface area contributed by atoms with Crippen LogP contribution in [-0.2, 0) is 0 Å². The van der Waals surface area contributed by atoms with Gasteiger partial charge in [-0.15, -0.1) is 0 Å². The summed E-state index contributed by atoms with van der Waals surface area (Å²) in [6.45, 7) is 2.24. The molecular weight excluding hydrogens is 292 g/mol. The largest absolute Gasteiger partial charge is 0.497 e. The van der Waals surface area contributed by atoms with E-state index in [0.29, 0.717) is 6.04 Å². The Morgan fingerprint density at radius 3 is 2.78 bits per heavy atom. The summed E-state index contributed by atoms with van der Waals surface area (Å²) in [5.74, 6) is 0.915. The Morgan fingerprint density at radius 1 is 1.22 bits per heavy atom. The van der Waals surface area contributed by atoms with Crippen molar-refractivity contribution in [3.05, 3.63) is 22.7 Å². The summed E-state index contributed by atoms with van der Waals surface area (Å²) in [5.41, 5.74) is 1.25. The third kappa shape index (κ3) is 2.81. The zero-order valence-corrected chi connectivity index (χ0v) is 12.2. The van der Waals surface area contributed by atoms with E-state index in [-0.39, 0.29) is 0 Å². The molecule has 0 aromatic heterocycles. The van der Waals surface area contributed by atoms with E-state index in [1.54, 1.807) is 7.11 Å². The van der Waals surface area contributed by atoms with Crippen molar-refractivity contribution in [2.75, 3.05) is 25.1 Å². The number of halogens is 1. The first-order valence-corrected chi connectivity index (χ1v) is 7.39. The molecule has 1 aromatic carbocycles. The zero-order valence-electron chi connectivity index (χ0n) is 10.7. The van der Waals surface area contributed by atoms with Crippen molar-refractivity contribution in [3.63, 3.8) is 0 Å². The van der Waals surface area contributed by atoms with Crippen molar-refractivity contribution in [1.82, 2.24) is 5.32 Å². The van der Waals surface area contributed by atoms with Gasteiger partial charge in [-0.1, -0.05) is 15.9 Å². The first-order valence-electron chi connectivity index (χ1n) is 6.60. The van der Waals surface area contributed by atoms with Gasteiger partial charge in [0, 0.05) is 41.4 Å². The number of benzene rings is 1. The normalized spacial score (nSPS) is 23.4. The average molecular weight is 311 g/mol. The quantitative estimate of drug-likeness (QED) is 0.925. The first kappa shape index (κ1) is 12.3. The van der Waals surface area contributed by atoms with Crippen molar-refractivity contribution in [2.45, 2.75) is 31.3 Å². The number of methoxy groups -OCH3 is 1. The molecule has 3 nitrogen and oxygen atoms in total. The van der Waals surface area contributed by atoms with Crippen LogP contribution >= 0.6 is 15.9 Å². The summed E-state index contributed by atoms with van der Waals surface area (Å²) >= 11 is 3.54.